The summed E-state index contributed by atoms with van der Waals surface area (Å²) in [7, 11) is 0. The fourth-order valence-electron chi connectivity index (χ4n) is 2.75. The van der Waals surface area contributed by atoms with Crippen molar-refractivity contribution in [3.8, 4) is 0 Å². The highest BCUT2D eigenvalue weighted by Crippen LogP contribution is 2.34. The first kappa shape index (κ1) is 14.1. The van der Waals surface area contributed by atoms with Crippen molar-refractivity contribution in [3.63, 3.8) is 0 Å². The standard InChI is InChI=1S/C17H18N2OS/c1-12-11-14-7-3-4-8-15(14)19(12)17(20)13(2)21-16-9-5-6-10-18-16/h3-10,12-13H,11H2,1-2H3/t12-,13-/m1/s1. The van der Waals surface area contributed by atoms with Crippen molar-refractivity contribution in [2.45, 2.75) is 36.6 Å². The summed E-state index contributed by atoms with van der Waals surface area (Å²) >= 11 is 1.51. The first-order valence-electron chi connectivity index (χ1n) is 7.15. The Bertz CT molecular complexity index is 644. The van der Waals surface area contributed by atoms with E-state index in [1.54, 1.807) is 6.20 Å². The first-order chi connectivity index (χ1) is 10.2. The van der Waals surface area contributed by atoms with Crippen LogP contribution in [0.25, 0.3) is 0 Å². The molecule has 108 valence electrons. The summed E-state index contributed by atoms with van der Waals surface area (Å²) in [6.45, 7) is 4.06. The minimum atomic E-state index is -0.145. The number of para-hydroxylation sites is 1. The molecule has 0 spiro atoms. The molecule has 0 radical (unpaired) electrons. The fraction of sp³-hybridized carbons (Fsp3) is 0.294. The quantitative estimate of drug-likeness (QED) is 0.813. The zero-order chi connectivity index (χ0) is 14.8. The second-order valence-electron chi connectivity index (χ2n) is 5.32. The molecule has 0 unspecified atom stereocenters. The zero-order valence-electron chi connectivity index (χ0n) is 12.2. The molecule has 2 atom stereocenters. The van der Waals surface area contributed by atoms with E-state index in [4.69, 9.17) is 0 Å². The molecule has 0 saturated heterocycles. The van der Waals surface area contributed by atoms with Crippen LogP contribution in [0.3, 0.4) is 0 Å². The van der Waals surface area contributed by atoms with E-state index < -0.39 is 0 Å². The molecule has 0 saturated carbocycles. The number of amides is 1. The number of benzene rings is 1. The van der Waals surface area contributed by atoms with Gasteiger partial charge in [0.2, 0.25) is 5.91 Å². The molecule has 0 fully saturated rings. The monoisotopic (exact) mass is 298 g/mol. The van der Waals surface area contributed by atoms with Gasteiger partial charge in [0, 0.05) is 17.9 Å². The third-order valence-corrected chi connectivity index (χ3v) is 4.77. The number of carbonyl (C=O) groups is 1. The lowest BCUT2D eigenvalue weighted by Gasteiger charge is -2.25. The molecule has 3 nitrogen and oxygen atoms in total. The fourth-order valence-corrected chi connectivity index (χ4v) is 3.60. The SMILES string of the molecule is C[C@@H]1Cc2ccccc2N1C(=O)[C@@H](C)Sc1ccccn1. The maximum Gasteiger partial charge on any atom is 0.240 e. The highest BCUT2D eigenvalue weighted by Gasteiger charge is 2.33. The lowest BCUT2D eigenvalue weighted by atomic mass is 10.1. The second kappa shape index (κ2) is 5.90. The van der Waals surface area contributed by atoms with E-state index in [1.165, 1.54) is 17.3 Å². The average molecular weight is 298 g/mol. The summed E-state index contributed by atoms with van der Waals surface area (Å²) < 4.78 is 0. The molecule has 1 amide bonds. The van der Waals surface area contributed by atoms with Crippen LogP contribution in [-0.4, -0.2) is 22.2 Å². The van der Waals surface area contributed by atoms with Crippen LogP contribution in [0.2, 0.25) is 0 Å². The molecular weight excluding hydrogens is 280 g/mol. The Hall–Kier alpha value is -1.81. The van der Waals surface area contributed by atoms with Gasteiger partial charge >= 0.3 is 0 Å². The van der Waals surface area contributed by atoms with E-state index >= 15 is 0 Å². The third kappa shape index (κ3) is 2.81. The van der Waals surface area contributed by atoms with Gasteiger partial charge in [0.15, 0.2) is 0 Å². The Morgan fingerprint density at radius 3 is 2.81 bits per heavy atom. The lowest BCUT2D eigenvalue weighted by molar-refractivity contribution is -0.118. The molecule has 1 aromatic carbocycles. The zero-order valence-corrected chi connectivity index (χ0v) is 13.0. The van der Waals surface area contributed by atoms with Gasteiger partial charge in [-0.15, -0.1) is 0 Å². The number of nitrogens with zero attached hydrogens (tertiary/aromatic N) is 2. The van der Waals surface area contributed by atoms with E-state index in [0.717, 1.165) is 17.1 Å². The van der Waals surface area contributed by atoms with Gasteiger partial charge in [0.05, 0.1) is 10.3 Å². The Balaban J connectivity index is 1.79. The molecular formula is C17H18N2OS. The number of thioether (sulfide) groups is 1. The van der Waals surface area contributed by atoms with E-state index in [-0.39, 0.29) is 17.2 Å². The van der Waals surface area contributed by atoms with Crippen molar-refractivity contribution in [2.75, 3.05) is 4.90 Å². The van der Waals surface area contributed by atoms with Gasteiger partial charge < -0.3 is 4.90 Å². The summed E-state index contributed by atoms with van der Waals surface area (Å²) in [6.07, 6.45) is 2.69. The van der Waals surface area contributed by atoms with E-state index in [2.05, 4.69) is 18.0 Å². The number of hydrogen-bond acceptors (Lipinski definition) is 3. The number of hydrogen-bond donors (Lipinski definition) is 0. The van der Waals surface area contributed by atoms with Crippen LogP contribution in [0.4, 0.5) is 5.69 Å². The van der Waals surface area contributed by atoms with Crippen LogP contribution in [0.1, 0.15) is 19.4 Å². The topological polar surface area (TPSA) is 33.2 Å². The number of carbonyl (C=O) groups excluding carboxylic acids is 1. The molecule has 0 N–H and O–H groups in total. The van der Waals surface area contributed by atoms with Gasteiger partial charge in [-0.3, -0.25) is 4.79 Å². The van der Waals surface area contributed by atoms with E-state index in [0.29, 0.717) is 0 Å². The van der Waals surface area contributed by atoms with E-state index in [1.807, 2.05) is 48.2 Å². The Kier molecular flexibility index (Phi) is 3.97. The maximum absolute atomic E-state index is 12.8. The van der Waals surface area contributed by atoms with Crippen LogP contribution in [0.5, 0.6) is 0 Å². The van der Waals surface area contributed by atoms with Gasteiger partial charge in [0.1, 0.15) is 0 Å². The normalized spacial score (nSPS) is 18.4. The van der Waals surface area contributed by atoms with Gasteiger partial charge in [0.25, 0.3) is 0 Å². The second-order valence-corrected chi connectivity index (χ2v) is 6.68. The number of pyridine rings is 1. The molecule has 1 aliphatic heterocycles. The van der Waals surface area contributed by atoms with Crippen LogP contribution in [-0.2, 0) is 11.2 Å². The largest absolute Gasteiger partial charge is 0.308 e. The minimum absolute atomic E-state index is 0.145. The average Bonchev–Trinajstić information content (AvgIpc) is 2.83. The van der Waals surface area contributed by atoms with Crippen molar-refractivity contribution in [3.05, 3.63) is 54.2 Å². The summed E-state index contributed by atoms with van der Waals surface area (Å²) in [5.74, 6) is 0.156. The third-order valence-electron chi connectivity index (χ3n) is 3.73. The predicted molar refractivity (Wildman–Crippen MR) is 86.7 cm³/mol. The maximum atomic E-state index is 12.8. The van der Waals surface area contributed by atoms with Crippen LogP contribution >= 0.6 is 11.8 Å². The first-order valence-corrected chi connectivity index (χ1v) is 8.03. The Morgan fingerprint density at radius 2 is 2.05 bits per heavy atom. The number of aromatic nitrogens is 1. The molecule has 0 bridgehead atoms. The van der Waals surface area contributed by atoms with E-state index in [9.17, 15) is 4.79 Å². The Morgan fingerprint density at radius 1 is 1.29 bits per heavy atom. The summed E-state index contributed by atoms with van der Waals surface area (Å²) in [5.41, 5.74) is 2.32. The molecule has 0 aliphatic carbocycles. The van der Waals surface area contributed by atoms with Crippen LogP contribution in [0.15, 0.2) is 53.7 Å². The molecule has 2 aromatic rings. The molecule has 1 aromatic heterocycles. The Labute approximate surface area is 129 Å². The molecule has 3 rings (SSSR count). The molecule has 1 aliphatic rings. The van der Waals surface area contributed by atoms with Crippen molar-refractivity contribution in [1.82, 2.24) is 4.98 Å². The highest BCUT2D eigenvalue weighted by atomic mass is 32.2. The van der Waals surface area contributed by atoms with Crippen molar-refractivity contribution < 1.29 is 4.79 Å². The van der Waals surface area contributed by atoms with Gasteiger partial charge in [-0.25, -0.2) is 4.98 Å². The summed E-state index contributed by atoms with van der Waals surface area (Å²) in [5, 5.41) is 0.743. The van der Waals surface area contributed by atoms with Crippen LogP contribution < -0.4 is 4.90 Å². The number of anilines is 1. The van der Waals surface area contributed by atoms with Crippen molar-refractivity contribution >= 4 is 23.4 Å². The van der Waals surface area contributed by atoms with Crippen molar-refractivity contribution in [2.24, 2.45) is 0 Å². The van der Waals surface area contributed by atoms with Crippen molar-refractivity contribution in [1.29, 1.82) is 0 Å². The minimum Gasteiger partial charge on any atom is -0.308 e. The van der Waals surface area contributed by atoms with Gasteiger partial charge in [-0.1, -0.05) is 36.0 Å². The number of rotatable bonds is 3. The molecule has 4 heteroatoms. The highest BCUT2D eigenvalue weighted by molar-refractivity contribution is 8.00. The summed E-state index contributed by atoms with van der Waals surface area (Å²) in [4.78, 5) is 19.0. The number of fused-ring (bicyclic) bond motifs is 1. The molecule has 2 heterocycles. The van der Waals surface area contributed by atoms with Gasteiger partial charge in [-0.2, -0.15) is 0 Å². The van der Waals surface area contributed by atoms with Crippen LogP contribution in [0, 0.1) is 0 Å². The predicted octanol–water partition coefficient (Wildman–Crippen LogP) is 3.54. The molecule has 21 heavy (non-hydrogen) atoms. The summed E-state index contributed by atoms with van der Waals surface area (Å²) in [6, 6.07) is 14.2. The lowest BCUT2D eigenvalue weighted by Crippen LogP contribution is -2.40. The van der Waals surface area contributed by atoms with Gasteiger partial charge in [-0.05, 0) is 44.0 Å². The smallest absolute Gasteiger partial charge is 0.240 e.